The van der Waals surface area contributed by atoms with Crippen molar-refractivity contribution in [1.82, 2.24) is 5.32 Å². The van der Waals surface area contributed by atoms with Gasteiger partial charge in [-0.2, -0.15) is 0 Å². The lowest BCUT2D eigenvalue weighted by Crippen LogP contribution is -2.29. The van der Waals surface area contributed by atoms with Gasteiger partial charge in [0.25, 0.3) is 0 Å². The predicted octanol–water partition coefficient (Wildman–Crippen LogP) is 4.53. The lowest BCUT2D eigenvalue weighted by Gasteiger charge is -2.29. The minimum Gasteiger partial charge on any atom is -0.504 e. The monoisotopic (exact) mass is 531 g/mol. The van der Waals surface area contributed by atoms with Crippen molar-refractivity contribution in [3.8, 4) is 11.5 Å². The number of nitrogens with one attached hydrogen (secondary N) is 1. The van der Waals surface area contributed by atoms with Crippen LogP contribution in [-0.2, 0) is 9.53 Å². The Hall–Kier alpha value is -2.81. The van der Waals surface area contributed by atoms with Crippen molar-refractivity contribution < 1.29 is 24.2 Å². The third-order valence-electron chi connectivity index (χ3n) is 5.43. The Morgan fingerprint density at radius 1 is 1.16 bits per heavy atom. The zero-order valence-electron chi connectivity index (χ0n) is 17.4. The van der Waals surface area contributed by atoms with Gasteiger partial charge in [-0.25, -0.2) is 4.79 Å². The summed E-state index contributed by atoms with van der Waals surface area (Å²) < 4.78 is 11.5. The molecule has 7 heteroatoms. The minimum absolute atomic E-state index is 0.0359. The van der Waals surface area contributed by atoms with Crippen LogP contribution in [0.2, 0.25) is 0 Å². The summed E-state index contributed by atoms with van der Waals surface area (Å²) in [5, 5.41) is 13.7. The molecule has 2 aliphatic rings. The molecule has 1 heterocycles. The Bertz CT molecular complexity index is 1160. The molecule has 1 aliphatic heterocycles. The lowest BCUT2D eigenvalue weighted by molar-refractivity contribution is -0.138. The highest BCUT2D eigenvalue weighted by Crippen LogP contribution is 2.48. The number of aromatic hydroxyl groups is 1. The number of rotatable bonds is 5. The molecule has 31 heavy (non-hydrogen) atoms. The van der Waals surface area contributed by atoms with Gasteiger partial charge in [0.2, 0.25) is 0 Å². The summed E-state index contributed by atoms with van der Waals surface area (Å²) in [7, 11) is 0. The van der Waals surface area contributed by atoms with E-state index in [9.17, 15) is 14.7 Å². The molecule has 2 aromatic rings. The fourth-order valence-electron chi connectivity index (χ4n) is 4.17. The van der Waals surface area contributed by atoms with Crippen LogP contribution in [0, 0.1) is 3.57 Å². The molecule has 0 saturated heterocycles. The van der Waals surface area contributed by atoms with E-state index in [0.717, 1.165) is 5.56 Å². The topological polar surface area (TPSA) is 84.9 Å². The maximum atomic E-state index is 13.5. The highest BCUT2D eigenvalue weighted by atomic mass is 127. The van der Waals surface area contributed by atoms with Crippen molar-refractivity contribution in [3.05, 3.63) is 73.5 Å². The van der Waals surface area contributed by atoms with Crippen LogP contribution < -0.4 is 10.1 Å². The van der Waals surface area contributed by atoms with Crippen LogP contribution in [0.1, 0.15) is 48.2 Å². The van der Waals surface area contributed by atoms with Crippen LogP contribution in [0.5, 0.6) is 11.5 Å². The Labute approximate surface area is 194 Å². The number of benzene rings is 2. The van der Waals surface area contributed by atoms with E-state index in [4.69, 9.17) is 9.47 Å². The van der Waals surface area contributed by atoms with Crippen molar-refractivity contribution >= 4 is 40.0 Å². The Kier molecular flexibility index (Phi) is 5.79. The molecule has 0 radical (unpaired) electrons. The van der Waals surface area contributed by atoms with Crippen molar-refractivity contribution in [1.29, 1.82) is 0 Å². The molecule has 4 rings (SSSR count). The van der Waals surface area contributed by atoms with Crippen LogP contribution in [0.25, 0.3) is 5.70 Å². The normalized spacial score (nSPS) is 17.3. The lowest BCUT2D eigenvalue weighted by atomic mass is 9.79. The van der Waals surface area contributed by atoms with Gasteiger partial charge in [-0.1, -0.05) is 24.3 Å². The fourth-order valence-corrected chi connectivity index (χ4v) is 4.79. The summed E-state index contributed by atoms with van der Waals surface area (Å²) in [4.78, 5) is 26.4. The van der Waals surface area contributed by atoms with Gasteiger partial charge in [0, 0.05) is 28.3 Å². The summed E-state index contributed by atoms with van der Waals surface area (Å²) in [6.45, 7) is 5.98. The fraction of sp³-hybridized carbons (Fsp3) is 0.250. The van der Waals surface area contributed by atoms with E-state index in [1.165, 1.54) is 0 Å². The number of carbonyl (C=O) groups is 2. The number of halogens is 1. The summed E-state index contributed by atoms with van der Waals surface area (Å²) in [5.74, 6) is -0.904. The molecule has 6 nitrogen and oxygen atoms in total. The van der Waals surface area contributed by atoms with E-state index in [1.807, 2.05) is 54.6 Å². The maximum absolute atomic E-state index is 13.5. The van der Waals surface area contributed by atoms with Crippen molar-refractivity contribution in [3.63, 3.8) is 0 Å². The predicted molar refractivity (Wildman–Crippen MR) is 125 cm³/mol. The molecule has 0 fully saturated rings. The average molecular weight is 531 g/mol. The molecule has 160 valence electrons. The first-order valence-electron chi connectivity index (χ1n) is 10.1. The second kappa shape index (κ2) is 8.37. The number of ketones is 1. The molecule has 0 unspecified atom stereocenters. The van der Waals surface area contributed by atoms with E-state index in [0.29, 0.717) is 49.6 Å². The van der Waals surface area contributed by atoms with Crippen molar-refractivity contribution in [2.45, 2.75) is 26.7 Å². The second-order valence-corrected chi connectivity index (χ2v) is 8.43. The van der Waals surface area contributed by atoms with Crippen LogP contribution in [0.15, 0.2) is 53.2 Å². The van der Waals surface area contributed by atoms with Gasteiger partial charge in [0.15, 0.2) is 17.3 Å². The molecule has 1 aliphatic carbocycles. The molecule has 2 aromatic carbocycles. The third kappa shape index (κ3) is 3.50. The van der Waals surface area contributed by atoms with Crippen LogP contribution >= 0.6 is 22.6 Å². The highest BCUT2D eigenvalue weighted by molar-refractivity contribution is 14.1. The van der Waals surface area contributed by atoms with Gasteiger partial charge in [-0.15, -0.1) is 0 Å². The van der Waals surface area contributed by atoms with Gasteiger partial charge in [0.05, 0.1) is 28.1 Å². The molecular formula is C24H22INO5. The number of fused-ring (bicyclic) bond motifs is 2. The Morgan fingerprint density at radius 3 is 2.55 bits per heavy atom. The number of dihydropyridines is 1. The Balaban J connectivity index is 1.96. The number of carbonyl (C=O) groups excluding carboxylic acids is 2. The standard InChI is InChI=1S/C24H22INO5/c1-4-30-17-11-13(10-16(25)23(17)28)19-18(24(29)31-5-2)12(3)26-21-14-8-6-7-9-15(14)22(27)20(19)21/h6-11,19,26,28H,4-5H2,1-3H3/t19-/m1/s1. The summed E-state index contributed by atoms with van der Waals surface area (Å²) in [6.07, 6.45) is 0. The average Bonchev–Trinajstić information content (AvgIpc) is 3.02. The van der Waals surface area contributed by atoms with Gasteiger partial charge in [-0.3, -0.25) is 4.79 Å². The SMILES string of the molecule is CCOC(=O)C1=C(C)NC2=C(C(=O)c3ccccc32)[C@@H]1c1cc(I)c(O)c(OCC)c1. The largest absolute Gasteiger partial charge is 0.504 e. The number of ether oxygens (including phenoxy) is 2. The number of hydrogen-bond acceptors (Lipinski definition) is 6. The zero-order chi connectivity index (χ0) is 22.3. The number of hydrogen-bond donors (Lipinski definition) is 2. The number of esters is 1. The number of Topliss-reactive ketones (excluding diaryl/α,β-unsaturated/α-hetero) is 1. The minimum atomic E-state index is -0.650. The van der Waals surface area contributed by atoms with E-state index >= 15 is 0 Å². The highest BCUT2D eigenvalue weighted by Gasteiger charge is 2.43. The summed E-state index contributed by atoms with van der Waals surface area (Å²) in [5.41, 5.74) is 4.31. The molecule has 0 aromatic heterocycles. The van der Waals surface area contributed by atoms with Gasteiger partial charge >= 0.3 is 5.97 Å². The molecule has 2 N–H and O–H groups in total. The van der Waals surface area contributed by atoms with Gasteiger partial charge in [0.1, 0.15) is 0 Å². The molecule has 1 atom stereocenters. The maximum Gasteiger partial charge on any atom is 0.336 e. The second-order valence-electron chi connectivity index (χ2n) is 7.26. The van der Waals surface area contributed by atoms with E-state index in [1.54, 1.807) is 25.1 Å². The molecule has 0 bridgehead atoms. The van der Waals surface area contributed by atoms with Crippen LogP contribution in [0.3, 0.4) is 0 Å². The summed E-state index contributed by atoms with van der Waals surface area (Å²) >= 11 is 2.02. The number of phenolic OH excluding ortho intramolecular Hbond substituents is 1. The first kappa shape index (κ1) is 21.4. The van der Waals surface area contributed by atoms with E-state index < -0.39 is 11.9 Å². The quantitative estimate of drug-likeness (QED) is 0.436. The zero-order valence-corrected chi connectivity index (χ0v) is 19.6. The number of allylic oxidation sites excluding steroid dienone is 2. The smallest absolute Gasteiger partial charge is 0.336 e. The van der Waals surface area contributed by atoms with Crippen LogP contribution in [-0.4, -0.2) is 30.1 Å². The van der Waals surface area contributed by atoms with E-state index in [-0.39, 0.29) is 18.1 Å². The molecule has 0 amide bonds. The van der Waals surface area contributed by atoms with Crippen molar-refractivity contribution in [2.75, 3.05) is 13.2 Å². The van der Waals surface area contributed by atoms with E-state index in [2.05, 4.69) is 5.32 Å². The number of phenols is 1. The van der Waals surface area contributed by atoms with Crippen molar-refractivity contribution in [2.24, 2.45) is 0 Å². The van der Waals surface area contributed by atoms with Gasteiger partial charge in [-0.05, 0) is 61.1 Å². The first-order valence-corrected chi connectivity index (χ1v) is 11.1. The molecule has 0 saturated carbocycles. The Morgan fingerprint density at radius 2 is 1.87 bits per heavy atom. The first-order chi connectivity index (χ1) is 14.9. The summed E-state index contributed by atoms with van der Waals surface area (Å²) in [6, 6.07) is 10.9. The molecule has 0 spiro atoms. The van der Waals surface area contributed by atoms with Crippen LogP contribution in [0.4, 0.5) is 0 Å². The third-order valence-corrected chi connectivity index (χ3v) is 6.25. The van der Waals surface area contributed by atoms with Gasteiger partial charge < -0.3 is 19.9 Å². The molecular weight excluding hydrogens is 509 g/mol.